The molecular formula is C15H20F2N2O. The molecule has 2 N–H and O–H groups in total. The molecule has 3 nitrogen and oxygen atoms in total. The van der Waals surface area contributed by atoms with Crippen molar-refractivity contribution in [3.63, 3.8) is 0 Å². The van der Waals surface area contributed by atoms with Gasteiger partial charge in [0.05, 0.1) is 0 Å². The summed E-state index contributed by atoms with van der Waals surface area (Å²) in [6.07, 6.45) is 1.33. The summed E-state index contributed by atoms with van der Waals surface area (Å²) in [5, 5.41) is 0. The van der Waals surface area contributed by atoms with E-state index in [1.807, 2.05) is 6.92 Å². The summed E-state index contributed by atoms with van der Waals surface area (Å²) in [5.41, 5.74) is 5.88. The highest BCUT2D eigenvalue weighted by atomic mass is 19.2. The predicted molar refractivity (Wildman–Crippen MR) is 73.0 cm³/mol. The standard InChI is InChI=1S/C15H20F2N2O/c1-10-7-11(8-18)9-19(10)14(20)6-5-12-3-2-4-13(16)15(12)17/h2-4,10-11H,5-9,18H2,1H3. The first-order chi connectivity index (χ1) is 9.52. The van der Waals surface area contributed by atoms with Crippen LogP contribution in [-0.4, -0.2) is 29.9 Å². The molecule has 1 aliphatic heterocycles. The zero-order valence-electron chi connectivity index (χ0n) is 11.6. The second-order valence-electron chi connectivity index (χ2n) is 5.45. The Morgan fingerprint density at radius 1 is 1.45 bits per heavy atom. The van der Waals surface area contributed by atoms with Crippen LogP contribution in [0.15, 0.2) is 18.2 Å². The molecule has 1 saturated heterocycles. The maximum absolute atomic E-state index is 13.5. The van der Waals surface area contributed by atoms with Gasteiger partial charge in [-0.3, -0.25) is 4.79 Å². The van der Waals surface area contributed by atoms with Crippen molar-refractivity contribution < 1.29 is 13.6 Å². The molecule has 5 heteroatoms. The maximum Gasteiger partial charge on any atom is 0.223 e. The fourth-order valence-electron chi connectivity index (χ4n) is 2.79. The van der Waals surface area contributed by atoms with Crippen LogP contribution in [0.3, 0.4) is 0 Å². The third-order valence-corrected chi connectivity index (χ3v) is 3.95. The van der Waals surface area contributed by atoms with Crippen molar-refractivity contribution in [2.24, 2.45) is 11.7 Å². The van der Waals surface area contributed by atoms with Crippen molar-refractivity contribution in [3.05, 3.63) is 35.4 Å². The number of rotatable bonds is 4. The lowest BCUT2D eigenvalue weighted by molar-refractivity contribution is -0.131. The number of carbonyl (C=O) groups excluding carboxylic acids is 1. The summed E-state index contributed by atoms with van der Waals surface area (Å²) >= 11 is 0. The van der Waals surface area contributed by atoms with Crippen LogP contribution in [0.1, 0.15) is 25.3 Å². The molecule has 1 amide bonds. The van der Waals surface area contributed by atoms with Crippen molar-refractivity contribution in [1.29, 1.82) is 0 Å². The fourth-order valence-corrected chi connectivity index (χ4v) is 2.79. The van der Waals surface area contributed by atoms with Crippen molar-refractivity contribution >= 4 is 5.91 Å². The van der Waals surface area contributed by atoms with Crippen molar-refractivity contribution in [1.82, 2.24) is 4.90 Å². The first kappa shape index (κ1) is 14.9. The minimum Gasteiger partial charge on any atom is -0.340 e. The van der Waals surface area contributed by atoms with Crippen LogP contribution in [0.2, 0.25) is 0 Å². The Morgan fingerprint density at radius 3 is 2.85 bits per heavy atom. The maximum atomic E-state index is 13.5. The topological polar surface area (TPSA) is 46.3 Å². The van der Waals surface area contributed by atoms with E-state index in [-0.39, 0.29) is 30.4 Å². The van der Waals surface area contributed by atoms with E-state index >= 15 is 0 Å². The lowest BCUT2D eigenvalue weighted by Gasteiger charge is -2.21. The van der Waals surface area contributed by atoms with Crippen LogP contribution in [0.4, 0.5) is 8.78 Å². The Hall–Kier alpha value is -1.49. The number of carbonyl (C=O) groups is 1. The largest absolute Gasteiger partial charge is 0.340 e. The number of likely N-dealkylation sites (tertiary alicyclic amines) is 1. The van der Waals surface area contributed by atoms with Gasteiger partial charge in [-0.1, -0.05) is 12.1 Å². The average Bonchev–Trinajstić information content (AvgIpc) is 2.81. The van der Waals surface area contributed by atoms with Crippen molar-refractivity contribution in [2.45, 2.75) is 32.2 Å². The first-order valence-electron chi connectivity index (χ1n) is 6.95. The van der Waals surface area contributed by atoms with Gasteiger partial charge in [-0.25, -0.2) is 8.78 Å². The van der Waals surface area contributed by atoms with Gasteiger partial charge in [-0.2, -0.15) is 0 Å². The molecule has 110 valence electrons. The monoisotopic (exact) mass is 282 g/mol. The Kier molecular flexibility index (Phi) is 4.70. The number of hydrogen-bond donors (Lipinski definition) is 1. The van der Waals surface area contributed by atoms with Gasteiger partial charge in [0, 0.05) is 19.0 Å². The number of amides is 1. The molecule has 1 heterocycles. The highest BCUT2D eigenvalue weighted by molar-refractivity contribution is 5.77. The SMILES string of the molecule is CC1CC(CN)CN1C(=O)CCc1cccc(F)c1F. The van der Waals surface area contributed by atoms with Crippen LogP contribution in [0, 0.1) is 17.6 Å². The average molecular weight is 282 g/mol. The quantitative estimate of drug-likeness (QED) is 0.919. The molecule has 1 aromatic carbocycles. The molecule has 0 radical (unpaired) electrons. The van der Waals surface area contributed by atoms with Gasteiger partial charge in [-0.15, -0.1) is 0 Å². The number of aryl methyl sites for hydroxylation is 1. The third-order valence-electron chi connectivity index (χ3n) is 3.95. The first-order valence-corrected chi connectivity index (χ1v) is 6.95. The minimum absolute atomic E-state index is 0.0166. The smallest absolute Gasteiger partial charge is 0.223 e. The lowest BCUT2D eigenvalue weighted by Crippen LogP contribution is -2.34. The van der Waals surface area contributed by atoms with Gasteiger partial charge in [0.15, 0.2) is 11.6 Å². The summed E-state index contributed by atoms with van der Waals surface area (Å²) < 4.78 is 26.6. The second kappa shape index (κ2) is 6.31. The Morgan fingerprint density at radius 2 is 2.20 bits per heavy atom. The summed E-state index contributed by atoms with van der Waals surface area (Å²) in [6, 6.07) is 4.23. The molecule has 2 unspecified atom stereocenters. The van der Waals surface area contributed by atoms with Gasteiger partial charge in [-0.05, 0) is 43.9 Å². The normalized spacial score (nSPS) is 22.3. The van der Waals surface area contributed by atoms with Gasteiger partial charge in [0.25, 0.3) is 0 Å². The van der Waals surface area contributed by atoms with Gasteiger partial charge >= 0.3 is 0 Å². The van der Waals surface area contributed by atoms with Crippen LogP contribution < -0.4 is 5.73 Å². The molecular weight excluding hydrogens is 262 g/mol. The molecule has 0 saturated carbocycles. The molecule has 1 fully saturated rings. The summed E-state index contributed by atoms with van der Waals surface area (Å²) in [7, 11) is 0. The lowest BCUT2D eigenvalue weighted by atomic mass is 10.1. The van der Waals surface area contributed by atoms with Gasteiger partial charge in [0.2, 0.25) is 5.91 Å². The Labute approximate surface area is 117 Å². The zero-order chi connectivity index (χ0) is 14.7. The molecule has 2 rings (SSSR count). The van der Waals surface area contributed by atoms with Crippen LogP contribution in [-0.2, 0) is 11.2 Å². The highest BCUT2D eigenvalue weighted by Gasteiger charge is 2.31. The van der Waals surface area contributed by atoms with E-state index in [9.17, 15) is 13.6 Å². The summed E-state index contributed by atoms with van der Waals surface area (Å²) in [5.74, 6) is -1.39. The van der Waals surface area contributed by atoms with Crippen LogP contribution in [0.5, 0.6) is 0 Å². The number of halogens is 2. The summed E-state index contributed by atoms with van der Waals surface area (Å²) in [6.45, 7) is 3.24. The van der Waals surface area contributed by atoms with Crippen LogP contribution >= 0.6 is 0 Å². The van der Waals surface area contributed by atoms with Crippen molar-refractivity contribution in [3.8, 4) is 0 Å². The fraction of sp³-hybridized carbons (Fsp3) is 0.533. The number of nitrogens with zero attached hydrogens (tertiary/aromatic N) is 1. The Bertz CT molecular complexity index is 493. The van der Waals surface area contributed by atoms with E-state index in [0.29, 0.717) is 19.0 Å². The molecule has 20 heavy (non-hydrogen) atoms. The van der Waals surface area contributed by atoms with E-state index in [1.54, 1.807) is 4.90 Å². The van der Waals surface area contributed by atoms with Crippen molar-refractivity contribution in [2.75, 3.05) is 13.1 Å². The molecule has 0 spiro atoms. The van der Waals surface area contributed by atoms with Gasteiger partial charge < -0.3 is 10.6 Å². The molecule has 0 aliphatic carbocycles. The molecule has 0 aromatic heterocycles. The number of nitrogens with two attached hydrogens (primary N) is 1. The summed E-state index contributed by atoms with van der Waals surface area (Å²) in [4.78, 5) is 14.0. The van der Waals surface area contributed by atoms with Crippen LogP contribution in [0.25, 0.3) is 0 Å². The van der Waals surface area contributed by atoms with E-state index in [4.69, 9.17) is 5.73 Å². The molecule has 1 aliphatic rings. The van der Waals surface area contributed by atoms with Gasteiger partial charge in [0.1, 0.15) is 0 Å². The minimum atomic E-state index is -0.868. The predicted octanol–water partition coefficient (Wildman–Crippen LogP) is 2.09. The van der Waals surface area contributed by atoms with E-state index in [0.717, 1.165) is 12.5 Å². The number of benzene rings is 1. The zero-order valence-corrected chi connectivity index (χ0v) is 11.6. The third kappa shape index (κ3) is 3.15. The molecule has 0 bridgehead atoms. The second-order valence-corrected chi connectivity index (χ2v) is 5.45. The Balaban J connectivity index is 1.94. The van der Waals surface area contributed by atoms with E-state index in [1.165, 1.54) is 12.1 Å². The molecule has 2 atom stereocenters. The van der Waals surface area contributed by atoms with E-state index < -0.39 is 11.6 Å². The number of hydrogen-bond acceptors (Lipinski definition) is 2. The molecule has 1 aromatic rings. The highest BCUT2D eigenvalue weighted by Crippen LogP contribution is 2.23. The van der Waals surface area contributed by atoms with E-state index in [2.05, 4.69) is 0 Å².